The summed E-state index contributed by atoms with van der Waals surface area (Å²) in [4.78, 5) is 22.4. The molecule has 1 aromatic heterocycles. The molecule has 7 nitrogen and oxygen atoms in total. The van der Waals surface area contributed by atoms with Gasteiger partial charge in [0.15, 0.2) is 0 Å². The lowest BCUT2D eigenvalue weighted by Crippen LogP contribution is -2.15. The van der Waals surface area contributed by atoms with Crippen LogP contribution in [-0.4, -0.2) is 21.9 Å². The third-order valence-electron chi connectivity index (χ3n) is 3.51. The van der Waals surface area contributed by atoms with E-state index < -0.39 is 4.92 Å². The van der Waals surface area contributed by atoms with Gasteiger partial charge in [-0.3, -0.25) is 14.9 Å². The minimum atomic E-state index is -0.516. The highest BCUT2D eigenvalue weighted by Gasteiger charge is 2.18. The zero-order chi connectivity index (χ0) is 15.0. The van der Waals surface area contributed by atoms with E-state index in [9.17, 15) is 14.9 Å². The molecule has 0 bridgehead atoms. The lowest BCUT2D eigenvalue weighted by molar-refractivity contribution is -0.384. The van der Waals surface area contributed by atoms with Crippen LogP contribution in [-0.2, 0) is 13.5 Å². The van der Waals surface area contributed by atoms with Gasteiger partial charge in [0.05, 0.1) is 11.1 Å². The van der Waals surface area contributed by atoms with E-state index in [1.165, 1.54) is 16.8 Å². The minimum absolute atomic E-state index is 0.0965. The summed E-state index contributed by atoms with van der Waals surface area (Å²) in [5.74, 6) is -0.364. The molecule has 0 spiro atoms. The first kappa shape index (κ1) is 13.2. The fraction of sp³-hybridized carbons (Fsp3) is 0.214. The van der Waals surface area contributed by atoms with Crippen LogP contribution in [0.1, 0.15) is 16.1 Å². The molecule has 3 rings (SSSR count). The van der Waals surface area contributed by atoms with Gasteiger partial charge in [0.1, 0.15) is 5.69 Å². The molecular formula is C14H14N4O3. The van der Waals surface area contributed by atoms with E-state index in [2.05, 4.69) is 10.6 Å². The first-order chi connectivity index (χ1) is 10.0. The quantitative estimate of drug-likeness (QED) is 0.668. The minimum Gasteiger partial charge on any atom is -0.384 e. The van der Waals surface area contributed by atoms with Gasteiger partial charge in [-0.2, -0.15) is 0 Å². The molecule has 2 heterocycles. The lowest BCUT2D eigenvalue weighted by atomic mass is 10.1. The predicted octanol–water partition coefficient (Wildman–Crippen LogP) is 2.15. The third-order valence-corrected chi connectivity index (χ3v) is 3.51. The van der Waals surface area contributed by atoms with Crippen molar-refractivity contribution in [2.45, 2.75) is 6.42 Å². The first-order valence-electron chi connectivity index (χ1n) is 6.53. The van der Waals surface area contributed by atoms with E-state index in [0.717, 1.165) is 24.2 Å². The van der Waals surface area contributed by atoms with Gasteiger partial charge in [-0.05, 0) is 30.2 Å². The number of hydrogen-bond donors (Lipinski definition) is 2. The monoisotopic (exact) mass is 286 g/mol. The van der Waals surface area contributed by atoms with Gasteiger partial charge in [-0.15, -0.1) is 0 Å². The Kier molecular flexibility index (Phi) is 3.09. The summed E-state index contributed by atoms with van der Waals surface area (Å²) in [6.45, 7) is 0.900. The molecule has 0 radical (unpaired) electrons. The fourth-order valence-corrected chi connectivity index (χ4v) is 2.45. The van der Waals surface area contributed by atoms with E-state index in [-0.39, 0.29) is 17.3 Å². The van der Waals surface area contributed by atoms with Gasteiger partial charge in [0.25, 0.3) is 11.6 Å². The number of benzene rings is 1. The Labute approximate surface area is 120 Å². The number of aromatic nitrogens is 1. The number of amides is 1. The van der Waals surface area contributed by atoms with Crippen molar-refractivity contribution in [3.63, 3.8) is 0 Å². The van der Waals surface area contributed by atoms with Crippen molar-refractivity contribution < 1.29 is 9.72 Å². The molecule has 0 saturated carbocycles. The smallest absolute Gasteiger partial charge is 0.287 e. The summed E-state index contributed by atoms with van der Waals surface area (Å²) in [5.41, 5.74) is 3.08. The zero-order valence-electron chi connectivity index (χ0n) is 11.4. The number of carbonyl (C=O) groups excluding carboxylic acids is 1. The van der Waals surface area contributed by atoms with Crippen molar-refractivity contribution >= 4 is 23.0 Å². The van der Waals surface area contributed by atoms with Crippen molar-refractivity contribution in [3.8, 4) is 0 Å². The number of hydrogen-bond acceptors (Lipinski definition) is 4. The van der Waals surface area contributed by atoms with Crippen LogP contribution >= 0.6 is 0 Å². The van der Waals surface area contributed by atoms with Crippen LogP contribution in [0.2, 0.25) is 0 Å². The molecule has 0 fully saturated rings. The SMILES string of the molecule is Cn1cc([N+](=O)[O-])cc1C(=O)Nc1ccc2c(c1)CCN2. The molecule has 0 saturated heterocycles. The molecule has 7 heteroatoms. The summed E-state index contributed by atoms with van der Waals surface area (Å²) in [5, 5.41) is 16.7. The number of fused-ring (bicyclic) bond motifs is 1. The Morgan fingerprint density at radius 3 is 2.95 bits per heavy atom. The van der Waals surface area contributed by atoms with Gasteiger partial charge in [0, 0.05) is 31.0 Å². The third kappa shape index (κ3) is 2.45. The standard InChI is InChI=1S/C14H14N4O3/c1-17-8-11(18(20)21)7-13(17)14(19)16-10-2-3-12-9(6-10)4-5-15-12/h2-3,6-8,15H,4-5H2,1H3,(H,16,19). The van der Waals surface area contributed by atoms with E-state index in [1.54, 1.807) is 7.05 Å². The van der Waals surface area contributed by atoms with Gasteiger partial charge in [-0.25, -0.2) is 0 Å². The highest BCUT2D eigenvalue weighted by Crippen LogP contribution is 2.25. The Bertz CT molecular complexity index is 736. The Balaban J connectivity index is 1.81. The topological polar surface area (TPSA) is 89.2 Å². The highest BCUT2D eigenvalue weighted by molar-refractivity contribution is 6.03. The number of nitro groups is 1. The summed E-state index contributed by atoms with van der Waals surface area (Å²) in [7, 11) is 1.61. The average Bonchev–Trinajstić information content (AvgIpc) is 3.04. The van der Waals surface area contributed by atoms with E-state index in [4.69, 9.17) is 0 Å². The Morgan fingerprint density at radius 1 is 1.43 bits per heavy atom. The van der Waals surface area contributed by atoms with Crippen LogP contribution in [0.4, 0.5) is 17.1 Å². The lowest BCUT2D eigenvalue weighted by Gasteiger charge is -2.07. The Morgan fingerprint density at radius 2 is 2.24 bits per heavy atom. The van der Waals surface area contributed by atoms with Crippen LogP contribution in [0.25, 0.3) is 0 Å². The molecule has 21 heavy (non-hydrogen) atoms. The van der Waals surface area contributed by atoms with Crippen LogP contribution in [0.3, 0.4) is 0 Å². The van der Waals surface area contributed by atoms with Crippen LogP contribution in [0.15, 0.2) is 30.5 Å². The summed E-state index contributed by atoms with van der Waals surface area (Å²) in [6, 6.07) is 6.92. The number of rotatable bonds is 3. The molecule has 0 atom stereocenters. The maximum atomic E-state index is 12.2. The fourth-order valence-electron chi connectivity index (χ4n) is 2.45. The van der Waals surface area contributed by atoms with Crippen molar-refractivity contribution in [2.75, 3.05) is 17.2 Å². The van der Waals surface area contributed by atoms with Crippen molar-refractivity contribution in [1.29, 1.82) is 0 Å². The van der Waals surface area contributed by atoms with E-state index in [0.29, 0.717) is 5.69 Å². The summed E-state index contributed by atoms with van der Waals surface area (Å²) in [6.07, 6.45) is 2.25. The molecule has 1 aromatic carbocycles. The van der Waals surface area contributed by atoms with Crippen LogP contribution in [0.5, 0.6) is 0 Å². The van der Waals surface area contributed by atoms with Crippen LogP contribution < -0.4 is 10.6 Å². The predicted molar refractivity (Wildman–Crippen MR) is 78.7 cm³/mol. The molecule has 1 aliphatic heterocycles. The van der Waals surface area contributed by atoms with Crippen LogP contribution in [0, 0.1) is 10.1 Å². The molecule has 108 valence electrons. The molecule has 1 aliphatic rings. The second kappa shape index (κ2) is 4.93. The zero-order valence-corrected chi connectivity index (χ0v) is 11.4. The van der Waals surface area contributed by atoms with Crippen molar-refractivity contribution in [1.82, 2.24) is 4.57 Å². The number of nitrogens with one attached hydrogen (secondary N) is 2. The molecular weight excluding hydrogens is 272 g/mol. The van der Waals surface area contributed by atoms with E-state index >= 15 is 0 Å². The van der Waals surface area contributed by atoms with E-state index in [1.807, 2.05) is 18.2 Å². The maximum absolute atomic E-state index is 12.2. The molecule has 0 unspecified atom stereocenters. The van der Waals surface area contributed by atoms with Gasteiger partial charge < -0.3 is 15.2 Å². The highest BCUT2D eigenvalue weighted by atomic mass is 16.6. The molecule has 1 amide bonds. The van der Waals surface area contributed by atoms with Crippen molar-refractivity contribution in [2.24, 2.45) is 7.05 Å². The molecule has 2 N–H and O–H groups in total. The van der Waals surface area contributed by atoms with Crippen molar-refractivity contribution in [3.05, 3.63) is 51.8 Å². The second-order valence-electron chi connectivity index (χ2n) is 4.95. The number of anilines is 2. The normalized spacial score (nSPS) is 12.6. The van der Waals surface area contributed by atoms with Gasteiger partial charge in [-0.1, -0.05) is 0 Å². The second-order valence-corrected chi connectivity index (χ2v) is 4.95. The summed E-state index contributed by atoms with van der Waals surface area (Å²) < 4.78 is 1.45. The molecule has 0 aliphatic carbocycles. The molecule has 2 aromatic rings. The number of aryl methyl sites for hydroxylation is 1. The Hall–Kier alpha value is -2.83. The van der Waals surface area contributed by atoms with Gasteiger partial charge >= 0.3 is 0 Å². The first-order valence-corrected chi connectivity index (χ1v) is 6.53. The van der Waals surface area contributed by atoms with Gasteiger partial charge in [0.2, 0.25) is 0 Å². The summed E-state index contributed by atoms with van der Waals surface area (Å²) >= 11 is 0. The number of carbonyl (C=O) groups is 1. The maximum Gasteiger partial charge on any atom is 0.287 e. The largest absolute Gasteiger partial charge is 0.384 e. The average molecular weight is 286 g/mol. The number of nitrogens with zero attached hydrogens (tertiary/aromatic N) is 2.